The molecule has 1 aromatic heterocycles. The third-order valence-electron chi connectivity index (χ3n) is 5.01. The number of fused-ring (bicyclic) bond motifs is 1. The van der Waals surface area contributed by atoms with E-state index in [0.717, 1.165) is 22.0 Å². The van der Waals surface area contributed by atoms with Crippen LogP contribution in [0.3, 0.4) is 0 Å². The second-order valence-electron chi connectivity index (χ2n) is 7.20. The minimum Gasteiger partial charge on any atom is -0.478 e. The molecule has 0 fully saturated rings. The number of hydrogen-bond donors (Lipinski definition) is 1. The van der Waals surface area contributed by atoms with Crippen LogP contribution in [0.15, 0.2) is 66.9 Å². The van der Waals surface area contributed by atoms with Gasteiger partial charge >= 0.3 is 5.97 Å². The Morgan fingerprint density at radius 1 is 0.938 bits per heavy atom. The Labute approximate surface area is 199 Å². The second-order valence-corrected chi connectivity index (χ2v) is 8.51. The number of aromatic carboxylic acids is 1. The minimum atomic E-state index is -1.01. The number of nitrogens with zero attached hydrogens (tertiary/aromatic N) is 2. The Morgan fingerprint density at radius 2 is 1.59 bits per heavy atom. The Balaban J connectivity index is 1.80. The Hall–Kier alpha value is -3.23. The van der Waals surface area contributed by atoms with Crippen LogP contribution >= 0.6 is 34.8 Å². The lowest BCUT2D eigenvalue weighted by atomic mass is 10.0. The van der Waals surface area contributed by atoms with Crippen molar-refractivity contribution in [1.29, 1.82) is 5.26 Å². The number of carboxylic acids is 1. The number of halogens is 3. The molecule has 4 rings (SSSR count). The standard InChI is InChI=1S/C25H15Cl3N2O2/c26-20-5-6-23-19(9-18(12-29)16-1-3-17(4-2-16)25(31)32)14-30(24(23)11-20)13-15-7-21(27)10-22(28)8-15/h1-11,14H,13H2,(H,31,32)/b18-9+. The van der Waals surface area contributed by atoms with Gasteiger partial charge in [0.25, 0.3) is 0 Å². The smallest absolute Gasteiger partial charge is 0.335 e. The number of rotatable bonds is 5. The van der Waals surface area contributed by atoms with Crippen LogP contribution in [0.25, 0.3) is 22.6 Å². The van der Waals surface area contributed by atoms with Gasteiger partial charge < -0.3 is 9.67 Å². The quantitative estimate of drug-likeness (QED) is 0.302. The van der Waals surface area contributed by atoms with E-state index < -0.39 is 5.97 Å². The molecule has 0 spiro atoms. The van der Waals surface area contributed by atoms with E-state index in [4.69, 9.17) is 39.9 Å². The van der Waals surface area contributed by atoms with E-state index in [1.54, 1.807) is 30.3 Å². The third-order valence-corrected chi connectivity index (χ3v) is 5.69. The van der Waals surface area contributed by atoms with E-state index in [-0.39, 0.29) is 5.56 Å². The molecular formula is C25H15Cl3N2O2. The summed E-state index contributed by atoms with van der Waals surface area (Å²) in [6, 6.07) is 19.4. The minimum absolute atomic E-state index is 0.164. The van der Waals surface area contributed by atoms with Crippen LogP contribution < -0.4 is 0 Å². The molecule has 3 aromatic carbocycles. The van der Waals surface area contributed by atoms with Gasteiger partial charge in [-0.25, -0.2) is 4.79 Å². The van der Waals surface area contributed by atoms with Gasteiger partial charge in [-0.05, 0) is 59.7 Å². The number of aromatic nitrogens is 1. The first-order valence-corrected chi connectivity index (χ1v) is 10.7. The summed E-state index contributed by atoms with van der Waals surface area (Å²) in [7, 11) is 0. The molecule has 7 heteroatoms. The van der Waals surface area contributed by atoms with E-state index >= 15 is 0 Å². The molecule has 158 valence electrons. The molecule has 4 nitrogen and oxygen atoms in total. The van der Waals surface area contributed by atoms with Gasteiger partial charge in [-0.3, -0.25) is 0 Å². The number of benzene rings is 3. The second kappa shape index (κ2) is 9.10. The highest BCUT2D eigenvalue weighted by Gasteiger charge is 2.12. The van der Waals surface area contributed by atoms with Gasteiger partial charge in [-0.2, -0.15) is 5.26 Å². The predicted molar refractivity (Wildman–Crippen MR) is 129 cm³/mol. The maximum atomic E-state index is 11.1. The summed E-state index contributed by atoms with van der Waals surface area (Å²) in [5.41, 5.74) is 3.88. The van der Waals surface area contributed by atoms with Crippen molar-refractivity contribution in [3.63, 3.8) is 0 Å². The number of allylic oxidation sites excluding steroid dienone is 1. The number of carboxylic acid groups (broad SMARTS) is 1. The van der Waals surface area contributed by atoms with Gasteiger partial charge in [0.1, 0.15) is 0 Å². The summed E-state index contributed by atoms with van der Waals surface area (Å²) in [6.45, 7) is 0.514. The first-order chi connectivity index (χ1) is 15.3. The third kappa shape index (κ3) is 4.66. The predicted octanol–water partition coefficient (Wildman–Crippen LogP) is 7.41. The molecule has 32 heavy (non-hydrogen) atoms. The fourth-order valence-electron chi connectivity index (χ4n) is 3.57. The topological polar surface area (TPSA) is 66.0 Å². The summed E-state index contributed by atoms with van der Waals surface area (Å²) in [6.07, 6.45) is 3.73. The van der Waals surface area contributed by atoms with E-state index in [0.29, 0.717) is 32.7 Å². The molecular weight excluding hydrogens is 467 g/mol. The molecule has 1 heterocycles. The lowest BCUT2D eigenvalue weighted by molar-refractivity contribution is 0.0697. The van der Waals surface area contributed by atoms with Crippen LogP contribution in [-0.4, -0.2) is 15.6 Å². The van der Waals surface area contributed by atoms with Gasteiger partial charge in [0.05, 0.1) is 22.7 Å². The summed E-state index contributed by atoms with van der Waals surface area (Å²) in [5.74, 6) is -1.01. The molecule has 0 aliphatic heterocycles. The van der Waals surface area contributed by atoms with Crippen LogP contribution in [0.2, 0.25) is 15.1 Å². The molecule has 0 bridgehead atoms. The van der Waals surface area contributed by atoms with E-state index in [9.17, 15) is 10.1 Å². The number of carbonyl (C=O) groups is 1. The largest absolute Gasteiger partial charge is 0.478 e. The van der Waals surface area contributed by atoms with Crippen molar-refractivity contribution in [2.45, 2.75) is 6.54 Å². The van der Waals surface area contributed by atoms with E-state index in [2.05, 4.69) is 6.07 Å². The van der Waals surface area contributed by atoms with Crippen molar-refractivity contribution in [2.24, 2.45) is 0 Å². The number of hydrogen-bond acceptors (Lipinski definition) is 2. The fraction of sp³-hybridized carbons (Fsp3) is 0.0400. The zero-order chi connectivity index (χ0) is 22.8. The Bertz CT molecular complexity index is 1390. The molecule has 0 radical (unpaired) electrons. The zero-order valence-corrected chi connectivity index (χ0v) is 18.8. The van der Waals surface area contributed by atoms with Crippen molar-refractivity contribution < 1.29 is 9.90 Å². The molecule has 0 saturated carbocycles. The average Bonchev–Trinajstić information content (AvgIpc) is 3.07. The van der Waals surface area contributed by atoms with Crippen molar-refractivity contribution in [1.82, 2.24) is 4.57 Å². The molecule has 0 aliphatic carbocycles. The first-order valence-electron chi connectivity index (χ1n) is 9.53. The molecule has 0 unspecified atom stereocenters. The Kier molecular flexibility index (Phi) is 6.25. The monoisotopic (exact) mass is 480 g/mol. The first kappa shape index (κ1) is 22.0. The van der Waals surface area contributed by atoms with Crippen LogP contribution in [-0.2, 0) is 6.54 Å². The molecule has 4 aromatic rings. The maximum Gasteiger partial charge on any atom is 0.335 e. The van der Waals surface area contributed by atoms with Gasteiger partial charge in [-0.15, -0.1) is 0 Å². The summed E-state index contributed by atoms with van der Waals surface area (Å²) >= 11 is 18.6. The SMILES string of the molecule is N#C/C(=C\c1cn(Cc2cc(Cl)cc(Cl)c2)c2cc(Cl)ccc12)c1ccc(C(=O)O)cc1. The summed E-state index contributed by atoms with van der Waals surface area (Å²) < 4.78 is 2.03. The highest BCUT2D eigenvalue weighted by Crippen LogP contribution is 2.30. The maximum absolute atomic E-state index is 11.1. The van der Waals surface area contributed by atoms with Gasteiger partial charge in [0.2, 0.25) is 0 Å². The van der Waals surface area contributed by atoms with Crippen molar-refractivity contribution in [3.8, 4) is 6.07 Å². The van der Waals surface area contributed by atoms with Crippen molar-refractivity contribution in [3.05, 3.63) is 104 Å². The molecule has 0 amide bonds. The Morgan fingerprint density at radius 3 is 2.22 bits per heavy atom. The average molecular weight is 482 g/mol. The molecule has 0 atom stereocenters. The van der Waals surface area contributed by atoms with Crippen LogP contribution in [0, 0.1) is 11.3 Å². The van der Waals surface area contributed by atoms with Crippen LogP contribution in [0.5, 0.6) is 0 Å². The highest BCUT2D eigenvalue weighted by atomic mass is 35.5. The lowest BCUT2D eigenvalue weighted by Crippen LogP contribution is -1.98. The van der Waals surface area contributed by atoms with Crippen LogP contribution in [0.4, 0.5) is 0 Å². The van der Waals surface area contributed by atoms with Crippen molar-refractivity contribution in [2.75, 3.05) is 0 Å². The molecule has 0 aliphatic rings. The van der Waals surface area contributed by atoms with Crippen LogP contribution in [0.1, 0.15) is 27.0 Å². The summed E-state index contributed by atoms with van der Waals surface area (Å²) in [4.78, 5) is 11.1. The fourth-order valence-corrected chi connectivity index (χ4v) is 4.30. The normalized spacial score (nSPS) is 11.5. The van der Waals surface area contributed by atoms with Gasteiger partial charge in [-0.1, -0.05) is 53.0 Å². The van der Waals surface area contributed by atoms with Gasteiger partial charge in [0.15, 0.2) is 0 Å². The summed E-state index contributed by atoms with van der Waals surface area (Å²) in [5, 5.41) is 21.5. The lowest BCUT2D eigenvalue weighted by Gasteiger charge is -2.07. The van der Waals surface area contributed by atoms with Crippen molar-refractivity contribution >= 4 is 63.3 Å². The van der Waals surface area contributed by atoms with Gasteiger partial charge in [0, 0.05) is 38.8 Å². The zero-order valence-electron chi connectivity index (χ0n) is 16.5. The molecule has 1 N–H and O–H groups in total. The molecule has 0 saturated heterocycles. The number of nitriles is 1. The highest BCUT2D eigenvalue weighted by molar-refractivity contribution is 6.34. The van der Waals surface area contributed by atoms with E-state index in [1.807, 2.05) is 35.0 Å². The van der Waals surface area contributed by atoms with E-state index in [1.165, 1.54) is 12.1 Å².